The van der Waals surface area contributed by atoms with E-state index in [0.717, 1.165) is 0 Å². The van der Waals surface area contributed by atoms with Crippen LogP contribution in [-0.4, -0.2) is 68.2 Å². The number of morpholine rings is 1. The molecule has 24 heavy (non-hydrogen) atoms. The second-order valence-electron chi connectivity index (χ2n) is 6.43. The van der Waals surface area contributed by atoms with E-state index in [1.807, 2.05) is 0 Å². The maximum absolute atomic E-state index is 12.6. The first kappa shape index (κ1) is 17.7. The van der Waals surface area contributed by atoms with Crippen molar-refractivity contribution in [3.63, 3.8) is 0 Å². The number of rotatable bonds is 2. The van der Waals surface area contributed by atoms with E-state index in [1.165, 1.54) is 10.6 Å². The Morgan fingerprint density at radius 1 is 1.25 bits per heavy atom. The summed E-state index contributed by atoms with van der Waals surface area (Å²) in [5.41, 5.74) is 0.0904. The van der Waals surface area contributed by atoms with Crippen molar-refractivity contribution < 1.29 is 17.9 Å². The van der Waals surface area contributed by atoms with Gasteiger partial charge in [0.25, 0.3) is 5.91 Å². The minimum Gasteiger partial charge on any atom is -0.372 e. The SMILES string of the molecule is CS(=O)(=O)N1CCOC2(CCN(C(=O)c3cccc(Cl)c3)CC2)C1. The van der Waals surface area contributed by atoms with Crippen LogP contribution in [0.3, 0.4) is 0 Å². The van der Waals surface area contributed by atoms with Gasteiger partial charge in [0, 0.05) is 36.8 Å². The van der Waals surface area contributed by atoms with E-state index >= 15 is 0 Å². The minimum atomic E-state index is -3.22. The van der Waals surface area contributed by atoms with Crippen molar-refractivity contribution in [1.82, 2.24) is 9.21 Å². The molecule has 1 spiro atoms. The molecule has 0 aromatic heterocycles. The van der Waals surface area contributed by atoms with Crippen LogP contribution in [0.4, 0.5) is 0 Å². The smallest absolute Gasteiger partial charge is 0.253 e. The molecule has 8 heteroatoms. The van der Waals surface area contributed by atoms with Crippen LogP contribution >= 0.6 is 11.6 Å². The van der Waals surface area contributed by atoms with Gasteiger partial charge in [0.15, 0.2) is 0 Å². The van der Waals surface area contributed by atoms with E-state index in [0.29, 0.717) is 56.2 Å². The van der Waals surface area contributed by atoms with Crippen LogP contribution in [0.1, 0.15) is 23.2 Å². The van der Waals surface area contributed by atoms with Crippen molar-refractivity contribution in [2.45, 2.75) is 18.4 Å². The quantitative estimate of drug-likeness (QED) is 0.791. The second-order valence-corrected chi connectivity index (χ2v) is 8.85. The standard InChI is InChI=1S/C16H21ClN2O4S/c1-24(21,22)19-9-10-23-16(12-19)5-7-18(8-6-16)15(20)13-3-2-4-14(17)11-13/h2-4,11H,5-10,12H2,1H3. The zero-order valence-electron chi connectivity index (χ0n) is 13.6. The number of sulfonamides is 1. The summed E-state index contributed by atoms with van der Waals surface area (Å²) in [5.74, 6) is -0.0527. The zero-order chi connectivity index (χ0) is 17.4. The molecule has 0 atom stereocenters. The number of piperidine rings is 1. The minimum absolute atomic E-state index is 0.0527. The monoisotopic (exact) mass is 372 g/mol. The van der Waals surface area contributed by atoms with Crippen LogP contribution in [0.5, 0.6) is 0 Å². The zero-order valence-corrected chi connectivity index (χ0v) is 15.1. The third-order valence-corrected chi connectivity index (χ3v) is 6.20. The number of nitrogens with zero attached hydrogens (tertiary/aromatic N) is 2. The second kappa shape index (κ2) is 6.63. The number of halogens is 1. The van der Waals surface area contributed by atoms with E-state index in [9.17, 15) is 13.2 Å². The first-order chi connectivity index (χ1) is 11.3. The molecule has 1 aromatic rings. The molecule has 2 aliphatic heterocycles. The van der Waals surface area contributed by atoms with Crippen molar-refractivity contribution in [2.24, 2.45) is 0 Å². The lowest BCUT2D eigenvalue weighted by molar-refractivity contribution is -0.115. The van der Waals surface area contributed by atoms with Crippen LogP contribution in [0.2, 0.25) is 5.02 Å². The highest BCUT2D eigenvalue weighted by molar-refractivity contribution is 7.88. The summed E-state index contributed by atoms with van der Waals surface area (Å²) in [6.07, 6.45) is 2.49. The Balaban J connectivity index is 1.66. The molecule has 0 bridgehead atoms. The average Bonchev–Trinajstić information content (AvgIpc) is 2.54. The molecule has 6 nitrogen and oxygen atoms in total. The Morgan fingerprint density at radius 3 is 2.58 bits per heavy atom. The molecule has 3 rings (SSSR count). The highest BCUT2D eigenvalue weighted by Crippen LogP contribution is 2.31. The van der Waals surface area contributed by atoms with Crippen molar-refractivity contribution in [3.05, 3.63) is 34.9 Å². The van der Waals surface area contributed by atoms with Gasteiger partial charge in [-0.3, -0.25) is 4.79 Å². The fourth-order valence-corrected chi connectivity index (χ4v) is 4.38. The first-order valence-electron chi connectivity index (χ1n) is 7.93. The molecule has 2 heterocycles. The van der Waals surface area contributed by atoms with Crippen molar-refractivity contribution in [2.75, 3.05) is 39.0 Å². The third-order valence-electron chi connectivity index (χ3n) is 4.72. The lowest BCUT2D eigenvalue weighted by Crippen LogP contribution is -2.58. The lowest BCUT2D eigenvalue weighted by Gasteiger charge is -2.46. The van der Waals surface area contributed by atoms with Gasteiger partial charge >= 0.3 is 0 Å². The maximum atomic E-state index is 12.6. The van der Waals surface area contributed by atoms with Crippen LogP contribution < -0.4 is 0 Å². The Kier molecular flexibility index (Phi) is 4.88. The molecule has 0 saturated carbocycles. The summed E-state index contributed by atoms with van der Waals surface area (Å²) in [7, 11) is -3.22. The van der Waals surface area contributed by atoms with Gasteiger partial charge in [0.2, 0.25) is 10.0 Å². The number of hydrogen-bond donors (Lipinski definition) is 0. The largest absolute Gasteiger partial charge is 0.372 e. The van der Waals surface area contributed by atoms with Crippen LogP contribution in [0.25, 0.3) is 0 Å². The van der Waals surface area contributed by atoms with Gasteiger partial charge in [-0.05, 0) is 31.0 Å². The highest BCUT2D eigenvalue weighted by Gasteiger charge is 2.42. The topological polar surface area (TPSA) is 66.9 Å². The number of ether oxygens (including phenoxy) is 1. The van der Waals surface area contributed by atoms with Gasteiger partial charge < -0.3 is 9.64 Å². The van der Waals surface area contributed by atoms with Gasteiger partial charge in [0.05, 0.1) is 18.5 Å². The molecule has 0 aliphatic carbocycles. The first-order valence-corrected chi connectivity index (χ1v) is 10.2. The molecular weight excluding hydrogens is 352 g/mol. The number of amides is 1. The Bertz CT molecular complexity index is 729. The van der Waals surface area contributed by atoms with Crippen LogP contribution in [0.15, 0.2) is 24.3 Å². The molecule has 2 saturated heterocycles. The summed E-state index contributed by atoms with van der Waals surface area (Å²) >= 11 is 5.95. The Morgan fingerprint density at radius 2 is 1.96 bits per heavy atom. The maximum Gasteiger partial charge on any atom is 0.253 e. The predicted octanol–water partition coefficient (Wildman–Crippen LogP) is 1.61. The van der Waals surface area contributed by atoms with Gasteiger partial charge in [0.1, 0.15) is 0 Å². The van der Waals surface area contributed by atoms with E-state index in [-0.39, 0.29) is 5.91 Å². The normalized spacial score (nSPS) is 21.8. The number of benzene rings is 1. The van der Waals surface area contributed by atoms with Crippen LogP contribution in [0, 0.1) is 0 Å². The fraction of sp³-hybridized carbons (Fsp3) is 0.562. The highest BCUT2D eigenvalue weighted by atomic mass is 35.5. The summed E-state index contributed by atoms with van der Waals surface area (Å²) in [6, 6.07) is 6.91. The summed E-state index contributed by atoms with van der Waals surface area (Å²) in [5, 5.41) is 0.536. The molecular formula is C16H21ClN2O4S. The Hall–Kier alpha value is -1.15. The lowest BCUT2D eigenvalue weighted by atomic mass is 9.89. The predicted molar refractivity (Wildman–Crippen MR) is 91.7 cm³/mol. The van der Waals surface area contributed by atoms with Crippen molar-refractivity contribution >= 4 is 27.5 Å². The van der Waals surface area contributed by atoms with Crippen molar-refractivity contribution in [3.8, 4) is 0 Å². The van der Waals surface area contributed by atoms with E-state index < -0.39 is 15.6 Å². The summed E-state index contributed by atoms with van der Waals surface area (Å²) < 4.78 is 31.0. The van der Waals surface area contributed by atoms with Gasteiger partial charge in [-0.15, -0.1) is 0 Å². The third kappa shape index (κ3) is 3.74. The molecule has 0 N–H and O–H groups in total. The summed E-state index contributed by atoms with van der Waals surface area (Å²) in [4.78, 5) is 14.3. The van der Waals surface area contributed by atoms with E-state index in [2.05, 4.69) is 0 Å². The molecule has 1 aromatic carbocycles. The van der Waals surface area contributed by atoms with Crippen molar-refractivity contribution in [1.29, 1.82) is 0 Å². The molecule has 2 aliphatic rings. The van der Waals surface area contributed by atoms with E-state index in [1.54, 1.807) is 29.2 Å². The number of carbonyl (C=O) groups excluding carboxylic acids is 1. The molecule has 0 unspecified atom stereocenters. The van der Waals surface area contributed by atoms with Gasteiger partial charge in [-0.1, -0.05) is 17.7 Å². The fourth-order valence-electron chi connectivity index (χ4n) is 3.32. The summed E-state index contributed by atoms with van der Waals surface area (Å²) in [6.45, 7) is 2.25. The number of hydrogen-bond acceptors (Lipinski definition) is 4. The molecule has 0 radical (unpaired) electrons. The number of carbonyl (C=O) groups is 1. The number of likely N-dealkylation sites (tertiary alicyclic amines) is 1. The average molecular weight is 373 g/mol. The molecule has 1 amide bonds. The van der Waals surface area contributed by atoms with Gasteiger partial charge in [-0.2, -0.15) is 4.31 Å². The van der Waals surface area contributed by atoms with Crippen LogP contribution in [-0.2, 0) is 14.8 Å². The molecule has 132 valence electrons. The molecule has 2 fully saturated rings. The Labute approximate surface area is 147 Å². The van der Waals surface area contributed by atoms with E-state index in [4.69, 9.17) is 16.3 Å². The van der Waals surface area contributed by atoms with Gasteiger partial charge in [-0.25, -0.2) is 8.42 Å².